The standard InChI is InChI=1S/C16H17Br2IS/c1-2-3-4-5-6-11-9-15(19)20-16(11)12-7-13(17)10-14(18)8-12/h7-10H,2-6H2,1H3. The molecular weight excluding hydrogens is 511 g/mol. The summed E-state index contributed by atoms with van der Waals surface area (Å²) in [5.74, 6) is 0. The first-order valence-corrected chi connectivity index (χ1v) is 10.3. The van der Waals surface area contributed by atoms with Gasteiger partial charge in [-0.2, -0.15) is 0 Å². The van der Waals surface area contributed by atoms with Gasteiger partial charge in [0.2, 0.25) is 0 Å². The fraction of sp³-hybridized carbons (Fsp3) is 0.375. The fourth-order valence-electron chi connectivity index (χ4n) is 2.25. The molecule has 0 saturated heterocycles. The number of benzene rings is 1. The predicted octanol–water partition coefficient (Wildman–Crippen LogP) is 7.67. The Bertz CT molecular complexity index is 558. The van der Waals surface area contributed by atoms with E-state index in [0.717, 1.165) is 8.95 Å². The summed E-state index contributed by atoms with van der Waals surface area (Å²) in [7, 11) is 0. The van der Waals surface area contributed by atoms with E-state index in [0.29, 0.717) is 0 Å². The van der Waals surface area contributed by atoms with Crippen molar-refractivity contribution in [3.05, 3.63) is 41.7 Å². The normalized spacial score (nSPS) is 11.0. The van der Waals surface area contributed by atoms with Crippen LogP contribution in [-0.4, -0.2) is 0 Å². The van der Waals surface area contributed by atoms with Gasteiger partial charge in [-0.1, -0.05) is 58.0 Å². The molecule has 1 aromatic heterocycles. The highest BCUT2D eigenvalue weighted by molar-refractivity contribution is 14.1. The van der Waals surface area contributed by atoms with Gasteiger partial charge in [-0.25, -0.2) is 0 Å². The quantitative estimate of drug-likeness (QED) is 0.267. The van der Waals surface area contributed by atoms with E-state index in [1.165, 1.54) is 51.0 Å². The summed E-state index contributed by atoms with van der Waals surface area (Å²) in [6.07, 6.45) is 6.47. The lowest BCUT2D eigenvalue weighted by Gasteiger charge is -2.06. The highest BCUT2D eigenvalue weighted by Gasteiger charge is 2.11. The number of thiophene rings is 1. The molecule has 20 heavy (non-hydrogen) atoms. The lowest BCUT2D eigenvalue weighted by Crippen LogP contribution is -1.87. The van der Waals surface area contributed by atoms with Gasteiger partial charge in [0.15, 0.2) is 0 Å². The first kappa shape index (κ1) is 17.0. The maximum Gasteiger partial charge on any atom is 0.0662 e. The van der Waals surface area contributed by atoms with Crippen molar-refractivity contribution in [1.82, 2.24) is 0 Å². The van der Waals surface area contributed by atoms with E-state index in [4.69, 9.17) is 0 Å². The molecule has 0 N–H and O–H groups in total. The third-order valence-electron chi connectivity index (χ3n) is 3.20. The number of unbranched alkanes of at least 4 members (excludes halogenated alkanes) is 3. The van der Waals surface area contributed by atoms with Crippen LogP contribution in [0.5, 0.6) is 0 Å². The van der Waals surface area contributed by atoms with Gasteiger partial charge >= 0.3 is 0 Å². The number of hydrogen-bond donors (Lipinski definition) is 0. The highest BCUT2D eigenvalue weighted by Crippen LogP contribution is 2.37. The number of hydrogen-bond acceptors (Lipinski definition) is 1. The van der Waals surface area contributed by atoms with Crippen LogP contribution in [0, 0.1) is 2.88 Å². The van der Waals surface area contributed by atoms with Crippen LogP contribution < -0.4 is 0 Å². The van der Waals surface area contributed by atoms with Crippen molar-refractivity contribution >= 4 is 65.8 Å². The molecule has 0 saturated carbocycles. The Morgan fingerprint density at radius 1 is 1.00 bits per heavy atom. The van der Waals surface area contributed by atoms with Crippen molar-refractivity contribution < 1.29 is 0 Å². The maximum absolute atomic E-state index is 3.59. The Labute approximate surface area is 155 Å². The molecule has 0 bridgehead atoms. The molecule has 1 aromatic carbocycles. The molecule has 0 unspecified atom stereocenters. The summed E-state index contributed by atoms with van der Waals surface area (Å²) in [5, 5.41) is 0. The Balaban J connectivity index is 2.22. The average molecular weight is 528 g/mol. The summed E-state index contributed by atoms with van der Waals surface area (Å²) < 4.78 is 3.63. The molecule has 0 spiro atoms. The maximum atomic E-state index is 3.59. The van der Waals surface area contributed by atoms with Gasteiger partial charge in [0, 0.05) is 13.8 Å². The van der Waals surface area contributed by atoms with E-state index in [1.54, 1.807) is 0 Å². The van der Waals surface area contributed by atoms with Crippen LogP contribution in [-0.2, 0) is 6.42 Å². The molecule has 108 valence electrons. The second-order valence-electron chi connectivity index (χ2n) is 4.87. The number of rotatable bonds is 6. The van der Waals surface area contributed by atoms with Gasteiger partial charge in [0.1, 0.15) is 0 Å². The monoisotopic (exact) mass is 526 g/mol. The van der Waals surface area contributed by atoms with E-state index >= 15 is 0 Å². The molecule has 0 aliphatic rings. The Morgan fingerprint density at radius 2 is 1.70 bits per heavy atom. The molecule has 0 aliphatic heterocycles. The van der Waals surface area contributed by atoms with Crippen LogP contribution in [0.1, 0.15) is 38.2 Å². The zero-order valence-corrected chi connectivity index (χ0v) is 17.5. The second kappa shape index (κ2) is 8.30. The Kier molecular flexibility index (Phi) is 7.04. The summed E-state index contributed by atoms with van der Waals surface area (Å²) in [6.45, 7) is 2.26. The van der Waals surface area contributed by atoms with Gasteiger partial charge in [0.25, 0.3) is 0 Å². The Hall–Kier alpha value is 0.610. The lowest BCUT2D eigenvalue weighted by molar-refractivity contribution is 0.668. The van der Waals surface area contributed by atoms with Crippen molar-refractivity contribution in [3.8, 4) is 10.4 Å². The van der Waals surface area contributed by atoms with E-state index in [-0.39, 0.29) is 0 Å². The molecule has 0 nitrogen and oxygen atoms in total. The summed E-state index contributed by atoms with van der Waals surface area (Å²) >= 11 is 11.5. The molecular formula is C16H17Br2IS. The number of aryl methyl sites for hydroxylation is 1. The van der Waals surface area contributed by atoms with Crippen molar-refractivity contribution in [2.24, 2.45) is 0 Å². The lowest BCUT2D eigenvalue weighted by atomic mass is 10.0. The van der Waals surface area contributed by atoms with E-state index in [1.807, 2.05) is 11.3 Å². The van der Waals surface area contributed by atoms with Crippen LogP contribution in [0.3, 0.4) is 0 Å². The largest absolute Gasteiger partial charge is 0.129 e. The molecule has 1 heterocycles. The van der Waals surface area contributed by atoms with Crippen molar-refractivity contribution in [1.29, 1.82) is 0 Å². The summed E-state index contributed by atoms with van der Waals surface area (Å²) in [4.78, 5) is 1.42. The van der Waals surface area contributed by atoms with Crippen LogP contribution in [0.4, 0.5) is 0 Å². The SMILES string of the molecule is CCCCCCc1cc(I)sc1-c1cc(Br)cc(Br)c1. The van der Waals surface area contributed by atoms with Crippen LogP contribution in [0.15, 0.2) is 33.2 Å². The molecule has 0 amide bonds. The van der Waals surface area contributed by atoms with E-state index < -0.39 is 0 Å². The predicted molar refractivity (Wildman–Crippen MR) is 106 cm³/mol. The Morgan fingerprint density at radius 3 is 2.35 bits per heavy atom. The zero-order valence-electron chi connectivity index (χ0n) is 11.4. The minimum Gasteiger partial charge on any atom is -0.129 e. The molecule has 2 rings (SSSR count). The van der Waals surface area contributed by atoms with Gasteiger partial charge in [-0.3, -0.25) is 0 Å². The second-order valence-corrected chi connectivity index (χ2v) is 9.65. The van der Waals surface area contributed by atoms with Crippen molar-refractivity contribution in [2.75, 3.05) is 0 Å². The summed E-state index contributed by atoms with van der Waals surface area (Å²) in [6, 6.07) is 8.86. The van der Waals surface area contributed by atoms with Crippen LogP contribution in [0.2, 0.25) is 0 Å². The third kappa shape index (κ3) is 4.82. The van der Waals surface area contributed by atoms with Gasteiger partial charge in [-0.15, -0.1) is 11.3 Å². The molecule has 0 fully saturated rings. The number of halogens is 3. The topological polar surface area (TPSA) is 0 Å². The van der Waals surface area contributed by atoms with E-state index in [9.17, 15) is 0 Å². The zero-order chi connectivity index (χ0) is 14.5. The summed E-state index contributed by atoms with van der Waals surface area (Å²) in [5.41, 5.74) is 2.81. The minimum atomic E-state index is 1.13. The van der Waals surface area contributed by atoms with Gasteiger partial charge < -0.3 is 0 Å². The third-order valence-corrected chi connectivity index (χ3v) is 6.11. The highest BCUT2D eigenvalue weighted by atomic mass is 127. The van der Waals surface area contributed by atoms with E-state index in [2.05, 4.69) is 85.6 Å². The van der Waals surface area contributed by atoms with Gasteiger partial charge in [-0.05, 0) is 70.8 Å². The van der Waals surface area contributed by atoms with Crippen LogP contribution >= 0.6 is 65.8 Å². The van der Waals surface area contributed by atoms with Crippen LogP contribution in [0.25, 0.3) is 10.4 Å². The molecule has 0 radical (unpaired) electrons. The molecule has 4 heteroatoms. The molecule has 0 atom stereocenters. The smallest absolute Gasteiger partial charge is 0.0662 e. The average Bonchev–Trinajstić information content (AvgIpc) is 2.75. The molecule has 0 aliphatic carbocycles. The first-order valence-electron chi connectivity index (χ1n) is 6.85. The van der Waals surface area contributed by atoms with Crippen molar-refractivity contribution in [2.45, 2.75) is 39.0 Å². The van der Waals surface area contributed by atoms with Gasteiger partial charge in [0.05, 0.1) is 2.88 Å². The molecule has 2 aromatic rings. The van der Waals surface area contributed by atoms with Crippen molar-refractivity contribution in [3.63, 3.8) is 0 Å². The minimum absolute atomic E-state index is 1.13. The first-order chi connectivity index (χ1) is 9.60. The fourth-order valence-corrected chi connectivity index (χ4v) is 5.51.